The molecule has 0 unspecified atom stereocenters. The predicted octanol–water partition coefficient (Wildman–Crippen LogP) is 3.28. The van der Waals surface area contributed by atoms with Gasteiger partial charge in [0.15, 0.2) is 5.96 Å². The predicted molar refractivity (Wildman–Crippen MR) is 88.0 cm³/mol. The van der Waals surface area contributed by atoms with Crippen LogP contribution in [0.4, 0.5) is 4.39 Å². The van der Waals surface area contributed by atoms with E-state index >= 15 is 0 Å². The molecule has 0 fully saturated rings. The maximum atomic E-state index is 13.5. The van der Waals surface area contributed by atoms with E-state index in [0.717, 1.165) is 17.4 Å². The Kier molecular flexibility index (Phi) is 9.35. The van der Waals surface area contributed by atoms with Crippen LogP contribution in [0.1, 0.15) is 18.9 Å². The van der Waals surface area contributed by atoms with Gasteiger partial charge in [0.1, 0.15) is 5.82 Å². The molecule has 1 rings (SSSR count). The number of nitrogens with one attached hydrogen (secondary N) is 2. The molecule has 0 saturated carbocycles. The van der Waals surface area contributed by atoms with Gasteiger partial charge >= 0.3 is 0 Å². The van der Waals surface area contributed by atoms with Crippen molar-refractivity contribution >= 4 is 45.9 Å². The molecule has 0 aliphatic carbocycles. The fourth-order valence-electron chi connectivity index (χ4n) is 1.32. The molecule has 0 bridgehead atoms. The summed E-state index contributed by atoms with van der Waals surface area (Å²) in [6.07, 6.45) is 1.02. The van der Waals surface area contributed by atoms with Gasteiger partial charge < -0.3 is 10.6 Å². The Morgan fingerprint density at radius 3 is 2.72 bits per heavy atom. The van der Waals surface area contributed by atoms with Crippen molar-refractivity contribution in [3.05, 3.63) is 34.1 Å². The highest BCUT2D eigenvalue weighted by molar-refractivity contribution is 14.0. The van der Waals surface area contributed by atoms with Gasteiger partial charge in [-0.25, -0.2) is 4.39 Å². The first-order chi connectivity index (χ1) is 8.17. The smallest absolute Gasteiger partial charge is 0.191 e. The van der Waals surface area contributed by atoms with Crippen molar-refractivity contribution in [3.8, 4) is 0 Å². The Labute approximate surface area is 133 Å². The molecular weight excluding hydrogens is 412 g/mol. The van der Waals surface area contributed by atoms with Gasteiger partial charge in [-0.15, -0.1) is 24.0 Å². The second kappa shape index (κ2) is 9.55. The molecule has 0 aliphatic rings. The molecule has 18 heavy (non-hydrogen) atoms. The van der Waals surface area contributed by atoms with Crippen molar-refractivity contribution in [2.75, 3.05) is 13.6 Å². The summed E-state index contributed by atoms with van der Waals surface area (Å²) in [6.45, 7) is 3.34. The second-order valence-corrected chi connectivity index (χ2v) is 4.50. The molecule has 2 N–H and O–H groups in total. The first kappa shape index (κ1) is 17.6. The quantitative estimate of drug-likeness (QED) is 0.437. The molecule has 102 valence electrons. The van der Waals surface area contributed by atoms with Crippen LogP contribution >= 0.6 is 39.9 Å². The molecule has 0 radical (unpaired) electrons. The molecule has 1 aromatic carbocycles. The van der Waals surface area contributed by atoms with E-state index in [4.69, 9.17) is 0 Å². The van der Waals surface area contributed by atoms with Crippen LogP contribution in [0.15, 0.2) is 27.7 Å². The first-order valence-electron chi connectivity index (χ1n) is 5.55. The monoisotopic (exact) mass is 429 g/mol. The Morgan fingerprint density at radius 1 is 1.39 bits per heavy atom. The van der Waals surface area contributed by atoms with Crippen LogP contribution in [-0.4, -0.2) is 19.6 Å². The summed E-state index contributed by atoms with van der Waals surface area (Å²) in [6, 6.07) is 4.89. The fourth-order valence-corrected chi connectivity index (χ4v) is 1.73. The molecule has 0 amide bonds. The standard InChI is InChI=1S/C12H17BrFN3.HI/c1-3-6-16-12(15-2)17-8-9-7-10(13)4-5-11(9)14;/h4-5,7H,3,6,8H2,1-2H3,(H2,15,16,17);1H. The minimum Gasteiger partial charge on any atom is -0.356 e. The van der Waals surface area contributed by atoms with E-state index in [-0.39, 0.29) is 29.8 Å². The molecule has 0 atom stereocenters. The largest absolute Gasteiger partial charge is 0.356 e. The molecule has 0 saturated heterocycles. The van der Waals surface area contributed by atoms with E-state index in [1.807, 2.05) is 0 Å². The Balaban J connectivity index is 0.00000289. The SMILES string of the molecule is CCCNC(=NC)NCc1cc(Br)ccc1F.I. The number of guanidine groups is 1. The molecule has 0 spiro atoms. The Morgan fingerprint density at radius 2 is 2.11 bits per heavy atom. The van der Waals surface area contributed by atoms with Crippen molar-refractivity contribution in [1.29, 1.82) is 0 Å². The van der Waals surface area contributed by atoms with Crippen LogP contribution in [0.2, 0.25) is 0 Å². The van der Waals surface area contributed by atoms with Crippen molar-refractivity contribution < 1.29 is 4.39 Å². The van der Waals surface area contributed by atoms with E-state index < -0.39 is 0 Å². The highest BCUT2D eigenvalue weighted by Gasteiger charge is 2.03. The third kappa shape index (κ3) is 5.99. The number of hydrogen-bond donors (Lipinski definition) is 2. The molecule has 1 aromatic rings. The van der Waals surface area contributed by atoms with Gasteiger partial charge in [0.25, 0.3) is 0 Å². The molecule has 0 aromatic heterocycles. The van der Waals surface area contributed by atoms with Gasteiger partial charge in [0, 0.05) is 30.2 Å². The molecule has 0 aliphatic heterocycles. The van der Waals surface area contributed by atoms with E-state index in [1.165, 1.54) is 6.07 Å². The lowest BCUT2D eigenvalue weighted by molar-refractivity contribution is 0.604. The maximum absolute atomic E-state index is 13.5. The average molecular weight is 430 g/mol. The zero-order chi connectivity index (χ0) is 12.7. The molecule has 6 heteroatoms. The van der Waals surface area contributed by atoms with Crippen LogP contribution in [-0.2, 0) is 6.54 Å². The highest BCUT2D eigenvalue weighted by Crippen LogP contribution is 2.15. The van der Waals surface area contributed by atoms with Crippen molar-refractivity contribution in [3.63, 3.8) is 0 Å². The van der Waals surface area contributed by atoms with Crippen LogP contribution in [0, 0.1) is 5.82 Å². The summed E-state index contributed by atoms with van der Waals surface area (Å²) in [7, 11) is 1.70. The number of hydrogen-bond acceptors (Lipinski definition) is 1. The van der Waals surface area contributed by atoms with Crippen LogP contribution in [0.5, 0.6) is 0 Å². The summed E-state index contributed by atoms with van der Waals surface area (Å²) in [5.41, 5.74) is 0.610. The highest BCUT2D eigenvalue weighted by atomic mass is 127. The normalized spacial score (nSPS) is 10.8. The topological polar surface area (TPSA) is 36.4 Å². The third-order valence-electron chi connectivity index (χ3n) is 2.22. The van der Waals surface area contributed by atoms with Crippen molar-refractivity contribution in [2.24, 2.45) is 4.99 Å². The average Bonchev–Trinajstić information content (AvgIpc) is 2.33. The lowest BCUT2D eigenvalue weighted by Gasteiger charge is -2.11. The van der Waals surface area contributed by atoms with Gasteiger partial charge in [-0.05, 0) is 24.6 Å². The summed E-state index contributed by atoms with van der Waals surface area (Å²) in [5.74, 6) is 0.470. The van der Waals surface area contributed by atoms with Gasteiger partial charge in [0.05, 0.1) is 0 Å². The minimum atomic E-state index is -0.216. The summed E-state index contributed by atoms with van der Waals surface area (Å²) in [4.78, 5) is 4.05. The first-order valence-corrected chi connectivity index (χ1v) is 6.35. The van der Waals surface area contributed by atoms with Crippen LogP contribution in [0.25, 0.3) is 0 Å². The fraction of sp³-hybridized carbons (Fsp3) is 0.417. The van der Waals surface area contributed by atoms with Crippen molar-refractivity contribution in [2.45, 2.75) is 19.9 Å². The summed E-state index contributed by atoms with van der Waals surface area (Å²) < 4.78 is 14.3. The van der Waals surface area contributed by atoms with E-state index in [2.05, 4.69) is 38.5 Å². The zero-order valence-electron chi connectivity index (χ0n) is 10.5. The summed E-state index contributed by atoms with van der Waals surface area (Å²) >= 11 is 3.32. The molecule has 0 heterocycles. The number of rotatable bonds is 4. The lowest BCUT2D eigenvalue weighted by atomic mass is 10.2. The summed E-state index contributed by atoms with van der Waals surface area (Å²) in [5, 5.41) is 6.19. The lowest BCUT2D eigenvalue weighted by Crippen LogP contribution is -2.37. The van der Waals surface area contributed by atoms with Crippen LogP contribution < -0.4 is 10.6 Å². The molecular formula is C12H18BrFIN3. The second-order valence-electron chi connectivity index (χ2n) is 3.59. The van der Waals surface area contributed by atoms with Gasteiger partial charge in [-0.1, -0.05) is 22.9 Å². The Bertz CT molecular complexity index is 399. The third-order valence-corrected chi connectivity index (χ3v) is 2.71. The number of benzene rings is 1. The number of aliphatic imine (C=N–C) groups is 1. The van der Waals surface area contributed by atoms with Crippen LogP contribution in [0.3, 0.4) is 0 Å². The van der Waals surface area contributed by atoms with Gasteiger partial charge in [0.2, 0.25) is 0 Å². The van der Waals surface area contributed by atoms with Gasteiger partial charge in [-0.3, -0.25) is 4.99 Å². The maximum Gasteiger partial charge on any atom is 0.191 e. The number of halogens is 3. The van der Waals surface area contributed by atoms with E-state index in [1.54, 1.807) is 19.2 Å². The number of nitrogens with zero attached hydrogens (tertiary/aromatic N) is 1. The molecule has 3 nitrogen and oxygen atoms in total. The van der Waals surface area contributed by atoms with Crippen molar-refractivity contribution in [1.82, 2.24) is 10.6 Å². The van der Waals surface area contributed by atoms with E-state index in [9.17, 15) is 4.39 Å². The minimum absolute atomic E-state index is 0. The van der Waals surface area contributed by atoms with Gasteiger partial charge in [-0.2, -0.15) is 0 Å². The van der Waals surface area contributed by atoms with E-state index in [0.29, 0.717) is 18.1 Å². The zero-order valence-corrected chi connectivity index (χ0v) is 14.4. The Hall–Kier alpha value is -0.370.